The fourth-order valence-electron chi connectivity index (χ4n) is 2.10. The van der Waals surface area contributed by atoms with Crippen molar-refractivity contribution < 1.29 is 4.79 Å². The maximum absolute atomic E-state index is 12.1. The fraction of sp³-hybridized carbons (Fsp3) is 0.235. The zero-order chi connectivity index (χ0) is 15.2. The number of Topliss-reactive ketones (excluding diaryl/α,β-unsaturated/α-hetero) is 1. The van der Waals surface area contributed by atoms with Gasteiger partial charge in [-0.15, -0.1) is 0 Å². The summed E-state index contributed by atoms with van der Waals surface area (Å²) in [6, 6.07) is 14.8. The minimum absolute atomic E-state index is 0.129. The van der Waals surface area contributed by atoms with Crippen molar-refractivity contribution in [3.8, 4) is 0 Å². The molecule has 0 fully saturated rings. The molecule has 0 aromatic heterocycles. The van der Waals surface area contributed by atoms with Gasteiger partial charge < -0.3 is 4.90 Å². The number of carbonyl (C=O) groups is 1. The van der Waals surface area contributed by atoms with Crippen LogP contribution in [-0.2, 0) is 6.54 Å². The molecular formula is C17H17Cl2NO. The average Bonchev–Trinajstić information content (AvgIpc) is 2.45. The Bertz CT molecular complexity index is 610. The molecule has 0 N–H and O–H groups in total. The summed E-state index contributed by atoms with van der Waals surface area (Å²) in [5, 5.41) is 1.38. The zero-order valence-electron chi connectivity index (χ0n) is 11.9. The number of ketones is 1. The van der Waals surface area contributed by atoms with Crippen LogP contribution in [-0.4, -0.2) is 24.3 Å². The first kappa shape index (κ1) is 16.0. The van der Waals surface area contributed by atoms with Crippen molar-refractivity contribution in [3.63, 3.8) is 0 Å². The highest BCUT2D eigenvalue weighted by Gasteiger charge is 2.08. The lowest BCUT2D eigenvalue weighted by atomic mass is 10.1. The molecule has 0 amide bonds. The lowest BCUT2D eigenvalue weighted by molar-refractivity contribution is 0.0968. The van der Waals surface area contributed by atoms with Crippen LogP contribution >= 0.6 is 23.2 Å². The molecule has 4 heteroatoms. The SMILES string of the molecule is CN(CCC(=O)c1ccc(Cl)cc1)Cc1cccc(Cl)c1. The topological polar surface area (TPSA) is 20.3 Å². The van der Waals surface area contributed by atoms with E-state index in [-0.39, 0.29) is 5.78 Å². The van der Waals surface area contributed by atoms with Gasteiger partial charge in [-0.05, 0) is 49.0 Å². The summed E-state index contributed by atoms with van der Waals surface area (Å²) < 4.78 is 0. The molecule has 0 aliphatic rings. The Labute approximate surface area is 135 Å². The number of rotatable bonds is 6. The van der Waals surface area contributed by atoms with Crippen LogP contribution in [0.25, 0.3) is 0 Å². The van der Waals surface area contributed by atoms with Gasteiger partial charge in [0.25, 0.3) is 0 Å². The molecule has 0 aliphatic heterocycles. The predicted molar refractivity (Wildman–Crippen MR) is 88.2 cm³/mol. The van der Waals surface area contributed by atoms with E-state index in [1.165, 1.54) is 0 Å². The van der Waals surface area contributed by atoms with Gasteiger partial charge in [0.1, 0.15) is 0 Å². The second-order valence-electron chi connectivity index (χ2n) is 5.05. The second-order valence-corrected chi connectivity index (χ2v) is 5.92. The van der Waals surface area contributed by atoms with Gasteiger partial charge in [-0.3, -0.25) is 4.79 Å². The first-order chi connectivity index (χ1) is 10.0. The standard InChI is InChI=1S/C17H17Cl2NO/c1-20(12-13-3-2-4-16(19)11-13)10-9-17(21)14-5-7-15(18)8-6-14/h2-8,11H,9-10,12H2,1H3. The van der Waals surface area contributed by atoms with Crippen molar-refractivity contribution in [3.05, 3.63) is 69.7 Å². The Balaban J connectivity index is 1.84. The molecule has 0 radical (unpaired) electrons. The summed E-state index contributed by atoms with van der Waals surface area (Å²) in [4.78, 5) is 14.2. The van der Waals surface area contributed by atoms with Gasteiger partial charge in [0.05, 0.1) is 0 Å². The summed E-state index contributed by atoms with van der Waals surface area (Å²) in [7, 11) is 2.00. The summed E-state index contributed by atoms with van der Waals surface area (Å²) in [5.41, 5.74) is 1.85. The highest BCUT2D eigenvalue weighted by atomic mass is 35.5. The van der Waals surface area contributed by atoms with Gasteiger partial charge in [0.2, 0.25) is 0 Å². The number of nitrogens with zero attached hydrogens (tertiary/aromatic N) is 1. The van der Waals surface area contributed by atoms with E-state index in [4.69, 9.17) is 23.2 Å². The van der Waals surface area contributed by atoms with E-state index < -0.39 is 0 Å². The number of hydrogen-bond acceptors (Lipinski definition) is 2. The second kappa shape index (κ2) is 7.60. The molecule has 0 saturated heterocycles. The molecule has 0 aliphatic carbocycles. The number of carbonyl (C=O) groups excluding carboxylic acids is 1. The van der Waals surface area contributed by atoms with Crippen LogP contribution in [0.2, 0.25) is 10.0 Å². The van der Waals surface area contributed by atoms with Crippen LogP contribution < -0.4 is 0 Å². The van der Waals surface area contributed by atoms with E-state index in [2.05, 4.69) is 4.90 Å². The molecule has 0 spiro atoms. The Morgan fingerprint density at radius 2 is 1.76 bits per heavy atom. The zero-order valence-corrected chi connectivity index (χ0v) is 13.4. The van der Waals surface area contributed by atoms with Crippen LogP contribution in [0.3, 0.4) is 0 Å². The molecule has 2 aromatic carbocycles. The van der Waals surface area contributed by atoms with E-state index in [0.717, 1.165) is 17.1 Å². The van der Waals surface area contributed by atoms with Gasteiger partial charge in [-0.2, -0.15) is 0 Å². The Morgan fingerprint density at radius 1 is 1.05 bits per heavy atom. The highest BCUT2D eigenvalue weighted by Crippen LogP contribution is 2.13. The monoisotopic (exact) mass is 321 g/mol. The van der Waals surface area contributed by atoms with Crippen molar-refractivity contribution in [1.29, 1.82) is 0 Å². The van der Waals surface area contributed by atoms with E-state index in [1.807, 2.05) is 31.3 Å². The summed E-state index contributed by atoms with van der Waals surface area (Å²) in [6.45, 7) is 1.47. The lowest BCUT2D eigenvalue weighted by Crippen LogP contribution is -2.21. The first-order valence-electron chi connectivity index (χ1n) is 6.76. The third-order valence-electron chi connectivity index (χ3n) is 3.23. The molecule has 21 heavy (non-hydrogen) atoms. The molecule has 2 nitrogen and oxygen atoms in total. The highest BCUT2D eigenvalue weighted by molar-refractivity contribution is 6.30. The summed E-state index contributed by atoms with van der Waals surface area (Å²) in [6.07, 6.45) is 0.485. The van der Waals surface area contributed by atoms with E-state index in [1.54, 1.807) is 24.3 Å². The molecule has 0 unspecified atom stereocenters. The van der Waals surface area contributed by atoms with Gasteiger partial charge in [0, 0.05) is 35.1 Å². The van der Waals surface area contributed by atoms with Gasteiger partial charge in [-0.1, -0.05) is 35.3 Å². The lowest BCUT2D eigenvalue weighted by Gasteiger charge is -2.16. The van der Waals surface area contributed by atoms with Crippen LogP contribution in [0, 0.1) is 0 Å². The normalized spacial score (nSPS) is 10.9. The van der Waals surface area contributed by atoms with E-state index in [0.29, 0.717) is 23.6 Å². The van der Waals surface area contributed by atoms with Crippen LogP contribution in [0.4, 0.5) is 0 Å². The Morgan fingerprint density at radius 3 is 2.43 bits per heavy atom. The Kier molecular flexibility index (Phi) is 5.80. The molecule has 0 saturated carbocycles. The van der Waals surface area contributed by atoms with Gasteiger partial charge in [-0.25, -0.2) is 0 Å². The van der Waals surface area contributed by atoms with Crippen LogP contribution in [0.5, 0.6) is 0 Å². The minimum atomic E-state index is 0.129. The van der Waals surface area contributed by atoms with Crippen molar-refractivity contribution >= 4 is 29.0 Å². The minimum Gasteiger partial charge on any atom is -0.302 e. The number of halogens is 2. The van der Waals surface area contributed by atoms with Crippen LogP contribution in [0.15, 0.2) is 48.5 Å². The molecule has 2 rings (SSSR count). The molecule has 2 aromatic rings. The van der Waals surface area contributed by atoms with Crippen molar-refractivity contribution in [1.82, 2.24) is 4.90 Å². The van der Waals surface area contributed by atoms with Crippen molar-refractivity contribution in [2.45, 2.75) is 13.0 Å². The van der Waals surface area contributed by atoms with Gasteiger partial charge in [0.15, 0.2) is 5.78 Å². The van der Waals surface area contributed by atoms with Crippen molar-refractivity contribution in [2.75, 3.05) is 13.6 Å². The maximum Gasteiger partial charge on any atom is 0.164 e. The molecule has 0 atom stereocenters. The average molecular weight is 322 g/mol. The molecular weight excluding hydrogens is 305 g/mol. The summed E-state index contributed by atoms with van der Waals surface area (Å²) in [5.74, 6) is 0.129. The quantitative estimate of drug-likeness (QED) is 0.719. The third-order valence-corrected chi connectivity index (χ3v) is 3.72. The van der Waals surface area contributed by atoms with Crippen molar-refractivity contribution in [2.24, 2.45) is 0 Å². The summed E-state index contributed by atoms with van der Waals surface area (Å²) >= 11 is 11.8. The number of hydrogen-bond donors (Lipinski definition) is 0. The van der Waals surface area contributed by atoms with Gasteiger partial charge >= 0.3 is 0 Å². The third kappa shape index (κ3) is 5.16. The largest absolute Gasteiger partial charge is 0.302 e. The smallest absolute Gasteiger partial charge is 0.164 e. The molecule has 0 heterocycles. The maximum atomic E-state index is 12.1. The molecule has 110 valence electrons. The Hall–Kier alpha value is -1.35. The van der Waals surface area contributed by atoms with Crippen LogP contribution in [0.1, 0.15) is 22.3 Å². The number of benzene rings is 2. The van der Waals surface area contributed by atoms with E-state index >= 15 is 0 Å². The predicted octanol–water partition coefficient (Wildman–Crippen LogP) is 4.70. The van der Waals surface area contributed by atoms with E-state index in [9.17, 15) is 4.79 Å². The first-order valence-corrected chi connectivity index (χ1v) is 7.52. The fourth-order valence-corrected chi connectivity index (χ4v) is 2.44. The molecule has 0 bridgehead atoms.